The summed E-state index contributed by atoms with van der Waals surface area (Å²) < 4.78 is 27.8. The lowest BCUT2D eigenvalue weighted by atomic mass is 10.2. The summed E-state index contributed by atoms with van der Waals surface area (Å²) in [5, 5.41) is 9.74. The van der Waals surface area contributed by atoms with Crippen molar-refractivity contribution in [3.05, 3.63) is 84.2 Å². The second-order valence-electron chi connectivity index (χ2n) is 6.69. The number of nitrogens with zero attached hydrogens (tertiary/aromatic N) is 3. The summed E-state index contributed by atoms with van der Waals surface area (Å²) in [5.74, 6) is 0.103. The second-order valence-corrected chi connectivity index (χ2v) is 8.63. The number of hydrogen-bond donors (Lipinski definition) is 1. The lowest BCUT2D eigenvalue weighted by Gasteiger charge is -2.23. The molecule has 0 fully saturated rings. The van der Waals surface area contributed by atoms with Crippen LogP contribution in [-0.2, 0) is 23.1 Å². The fourth-order valence-electron chi connectivity index (χ4n) is 2.84. The Labute approximate surface area is 165 Å². The van der Waals surface area contributed by atoms with Gasteiger partial charge in [-0.05, 0) is 47.5 Å². The van der Waals surface area contributed by atoms with Gasteiger partial charge in [-0.15, -0.1) is 0 Å². The van der Waals surface area contributed by atoms with Crippen LogP contribution in [0.15, 0.2) is 78.0 Å². The van der Waals surface area contributed by atoms with Crippen LogP contribution in [0.5, 0.6) is 5.75 Å². The van der Waals surface area contributed by atoms with Gasteiger partial charge in [0.25, 0.3) is 0 Å². The molecule has 146 valence electrons. The molecule has 28 heavy (non-hydrogen) atoms. The van der Waals surface area contributed by atoms with Crippen molar-refractivity contribution in [2.24, 2.45) is 0 Å². The maximum Gasteiger partial charge on any atom is 0.245 e. The highest BCUT2D eigenvalue weighted by Gasteiger charge is 2.25. The van der Waals surface area contributed by atoms with Crippen LogP contribution in [0.1, 0.15) is 11.1 Å². The number of phenols is 1. The van der Waals surface area contributed by atoms with E-state index in [4.69, 9.17) is 0 Å². The number of pyridine rings is 1. The van der Waals surface area contributed by atoms with Crippen molar-refractivity contribution in [2.75, 3.05) is 19.0 Å². The van der Waals surface area contributed by atoms with Crippen LogP contribution >= 0.6 is 0 Å². The van der Waals surface area contributed by atoms with Crippen LogP contribution in [0.4, 0.5) is 5.69 Å². The van der Waals surface area contributed by atoms with E-state index in [0.717, 1.165) is 11.3 Å². The van der Waals surface area contributed by atoms with Crippen molar-refractivity contribution in [3.63, 3.8) is 0 Å². The van der Waals surface area contributed by atoms with E-state index in [2.05, 4.69) is 4.98 Å². The zero-order valence-corrected chi connectivity index (χ0v) is 16.7. The van der Waals surface area contributed by atoms with Gasteiger partial charge in [0, 0.05) is 45.3 Å². The average molecular weight is 398 g/mol. The molecule has 3 aromatic rings. The molecule has 0 aliphatic carbocycles. The lowest BCUT2D eigenvalue weighted by Crippen LogP contribution is -2.30. The lowest BCUT2D eigenvalue weighted by molar-refractivity contribution is 0.399. The van der Waals surface area contributed by atoms with Crippen molar-refractivity contribution in [1.29, 1.82) is 0 Å². The molecule has 0 aliphatic heterocycles. The summed E-state index contributed by atoms with van der Waals surface area (Å²) in [6.45, 7) is 0.349. The van der Waals surface area contributed by atoms with Crippen LogP contribution in [0.2, 0.25) is 0 Å². The molecular formula is C21H23N3O3S. The predicted octanol–water partition coefficient (Wildman–Crippen LogP) is 3.24. The third kappa shape index (κ3) is 4.68. The van der Waals surface area contributed by atoms with E-state index in [1.165, 1.54) is 16.6 Å². The van der Waals surface area contributed by atoms with E-state index in [0.29, 0.717) is 5.56 Å². The minimum Gasteiger partial charge on any atom is -0.508 e. The highest BCUT2D eigenvalue weighted by atomic mass is 32.2. The van der Waals surface area contributed by atoms with E-state index < -0.39 is 10.0 Å². The van der Waals surface area contributed by atoms with Crippen LogP contribution in [0.3, 0.4) is 0 Å². The fraction of sp³-hybridized carbons (Fsp3) is 0.190. The van der Waals surface area contributed by atoms with E-state index in [1.807, 2.05) is 43.3 Å². The summed E-state index contributed by atoms with van der Waals surface area (Å²) in [6.07, 6.45) is 2.89. The Morgan fingerprint density at radius 1 is 0.929 bits per heavy atom. The van der Waals surface area contributed by atoms with Crippen molar-refractivity contribution >= 4 is 15.7 Å². The standard InChI is InChI=1S/C21H23N3O3S/c1-23(2)19-10-8-17(9-11-19)15-24(16-18-5-3-6-20(25)13-18)28(26,27)21-7-4-12-22-14-21/h3-14,25H,15-16H2,1-2H3. The van der Waals surface area contributed by atoms with Gasteiger partial charge >= 0.3 is 0 Å². The van der Waals surface area contributed by atoms with E-state index in [9.17, 15) is 13.5 Å². The topological polar surface area (TPSA) is 73.7 Å². The molecule has 2 aromatic carbocycles. The molecule has 1 N–H and O–H groups in total. The van der Waals surface area contributed by atoms with Gasteiger partial charge < -0.3 is 10.0 Å². The average Bonchev–Trinajstić information content (AvgIpc) is 2.68. The molecule has 3 rings (SSSR count). The second kappa shape index (κ2) is 8.41. The Morgan fingerprint density at radius 3 is 2.25 bits per heavy atom. The summed E-state index contributed by atoms with van der Waals surface area (Å²) in [4.78, 5) is 6.07. The van der Waals surface area contributed by atoms with Gasteiger partial charge in [-0.3, -0.25) is 4.98 Å². The molecule has 0 amide bonds. The Kier molecular flexibility index (Phi) is 5.96. The van der Waals surface area contributed by atoms with Gasteiger partial charge in [0.05, 0.1) is 0 Å². The highest BCUT2D eigenvalue weighted by Crippen LogP contribution is 2.23. The Morgan fingerprint density at radius 2 is 1.64 bits per heavy atom. The number of sulfonamides is 1. The molecule has 0 unspecified atom stereocenters. The quantitative estimate of drug-likeness (QED) is 0.663. The molecule has 1 aromatic heterocycles. The number of rotatable bonds is 7. The molecule has 0 saturated heterocycles. The number of hydrogen-bond acceptors (Lipinski definition) is 5. The maximum absolute atomic E-state index is 13.2. The highest BCUT2D eigenvalue weighted by molar-refractivity contribution is 7.89. The molecule has 0 atom stereocenters. The molecular weight excluding hydrogens is 374 g/mol. The Balaban J connectivity index is 1.94. The van der Waals surface area contributed by atoms with Gasteiger partial charge in [-0.2, -0.15) is 4.31 Å². The molecule has 0 spiro atoms. The molecule has 0 radical (unpaired) electrons. The Bertz CT molecular complexity index is 1020. The van der Waals surface area contributed by atoms with Crippen molar-refractivity contribution < 1.29 is 13.5 Å². The summed E-state index contributed by atoms with van der Waals surface area (Å²) in [6, 6.07) is 17.5. The van der Waals surface area contributed by atoms with E-state index >= 15 is 0 Å². The SMILES string of the molecule is CN(C)c1ccc(CN(Cc2cccc(O)c2)S(=O)(=O)c2cccnc2)cc1. The molecule has 0 saturated carbocycles. The van der Waals surface area contributed by atoms with Crippen molar-refractivity contribution in [2.45, 2.75) is 18.0 Å². The molecule has 0 aliphatic rings. The van der Waals surface area contributed by atoms with Gasteiger partial charge in [0.2, 0.25) is 10.0 Å². The summed E-state index contributed by atoms with van der Waals surface area (Å²) in [5.41, 5.74) is 2.62. The number of aromatic nitrogens is 1. The van der Waals surface area contributed by atoms with Crippen LogP contribution < -0.4 is 4.90 Å². The third-order valence-corrected chi connectivity index (χ3v) is 6.13. The van der Waals surface area contributed by atoms with Crippen molar-refractivity contribution in [3.8, 4) is 5.75 Å². The summed E-state index contributed by atoms with van der Waals surface area (Å²) in [7, 11) is 0.151. The van der Waals surface area contributed by atoms with Gasteiger partial charge in [0.1, 0.15) is 10.6 Å². The van der Waals surface area contributed by atoms with Crippen molar-refractivity contribution in [1.82, 2.24) is 9.29 Å². The normalized spacial score (nSPS) is 11.5. The monoisotopic (exact) mass is 397 g/mol. The van der Waals surface area contributed by atoms with Crippen LogP contribution in [0, 0.1) is 0 Å². The third-order valence-electron chi connectivity index (χ3n) is 4.35. The van der Waals surface area contributed by atoms with E-state index in [-0.39, 0.29) is 23.7 Å². The molecule has 0 bridgehead atoms. The largest absolute Gasteiger partial charge is 0.508 e. The van der Waals surface area contributed by atoms with Crippen LogP contribution in [0.25, 0.3) is 0 Å². The molecule has 1 heterocycles. The minimum absolute atomic E-state index is 0.103. The van der Waals surface area contributed by atoms with Crippen LogP contribution in [-0.4, -0.2) is 36.9 Å². The number of aromatic hydroxyl groups is 1. The molecule has 6 nitrogen and oxygen atoms in total. The fourth-order valence-corrected chi connectivity index (χ4v) is 4.22. The van der Waals surface area contributed by atoms with E-state index in [1.54, 1.807) is 36.5 Å². The minimum atomic E-state index is -3.76. The zero-order chi connectivity index (χ0) is 20.1. The maximum atomic E-state index is 13.2. The smallest absolute Gasteiger partial charge is 0.245 e. The predicted molar refractivity (Wildman–Crippen MR) is 110 cm³/mol. The molecule has 7 heteroatoms. The van der Waals surface area contributed by atoms with Gasteiger partial charge in [-0.1, -0.05) is 24.3 Å². The first-order valence-electron chi connectivity index (χ1n) is 8.80. The first kappa shape index (κ1) is 19.9. The van der Waals surface area contributed by atoms with Gasteiger partial charge in [0.15, 0.2) is 0 Å². The number of anilines is 1. The van der Waals surface area contributed by atoms with Gasteiger partial charge in [-0.25, -0.2) is 8.42 Å². The number of phenolic OH excluding ortho intramolecular Hbond substituents is 1. The Hall–Kier alpha value is -2.90. The number of benzene rings is 2. The first-order valence-corrected chi connectivity index (χ1v) is 10.2. The first-order chi connectivity index (χ1) is 13.4. The zero-order valence-electron chi connectivity index (χ0n) is 15.9. The summed E-state index contributed by atoms with van der Waals surface area (Å²) >= 11 is 0.